The number of nitrogens with one attached hydrogen (secondary N) is 1. The molecular formula is C18H23N5O2. The summed E-state index contributed by atoms with van der Waals surface area (Å²) in [6.07, 6.45) is 2.82. The molecule has 0 bridgehead atoms. The highest BCUT2D eigenvalue weighted by atomic mass is 16.2. The van der Waals surface area contributed by atoms with Crippen molar-refractivity contribution in [1.82, 2.24) is 20.1 Å². The fourth-order valence-corrected chi connectivity index (χ4v) is 3.16. The van der Waals surface area contributed by atoms with Crippen molar-refractivity contribution in [2.45, 2.75) is 19.3 Å². The summed E-state index contributed by atoms with van der Waals surface area (Å²) in [5, 5.41) is 8.50. The molecule has 1 amide bonds. The molecule has 0 spiro atoms. The van der Waals surface area contributed by atoms with Crippen molar-refractivity contribution in [3.8, 4) is 0 Å². The van der Waals surface area contributed by atoms with Crippen molar-refractivity contribution >= 4 is 11.7 Å². The molecule has 7 nitrogen and oxygen atoms in total. The molecule has 1 saturated heterocycles. The van der Waals surface area contributed by atoms with Crippen LogP contribution in [0.15, 0.2) is 35.1 Å². The summed E-state index contributed by atoms with van der Waals surface area (Å²) in [6, 6.07) is 8.63. The molecule has 1 unspecified atom stereocenters. The molecule has 3 heterocycles. The molecule has 1 aliphatic heterocycles. The zero-order valence-electron chi connectivity index (χ0n) is 14.6. The second-order valence-electron chi connectivity index (χ2n) is 6.67. The molecule has 0 aromatic carbocycles. The van der Waals surface area contributed by atoms with Gasteiger partial charge in [0.25, 0.3) is 5.91 Å². The number of hydrogen-bond acceptors (Lipinski definition) is 5. The summed E-state index contributed by atoms with van der Waals surface area (Å²) in [5.74, 6) is 1.07. The van der Waals surface area contributed by atoms with Crippen molar-refractivity contribution in [1.29, 1.82) is 0 Å². The number of aromatic amines is 1. The van der Waals surface area contributed by atoms with Crippen LogP contribution in [0.4, 0.5) is 5.82 Å². The second kappa shape index (κ2) is 7.46. The van der Waals surface area contributed by atoms with E-state index in [1.807, 2.05) is 36.0 Å². The first-order chi connectivity index (χ1) is 12.0. The Balaban J connectivity index is 1.64. The molecule has 2 aromatic rings. The molecule has 7 heteroatoms. The Morgan fingerprint density at radius 1 is 1.28 bits per heavy atom. The third-order valence-electron chi connectivity index (χ3n) is 4.47. The first-order valence-electron chi connectivity index (χ1n) is 8.51. The van der Waals surface area contributed by atoms with Crippen LogP contribution in [0, 0.1) is 5.92 Å². The van der Waals surface area contributed by atoms with Crippen LogP contribution in [0.1, 0.15) is 29.0 Å². The SMILES string of the molecule is CN(C)c1ccc(CC2CCCN(C(=O)c3cccc(=O)[nH]3)C2)nn1. The minimum Gasteiger partial charge on any atom is -0.361 e. The number of piperidine rings is 1. The van der Waals surface area contributed by atoms with E-state index >= 15 is 0 Å². The number of amides is 1. The number of anilines is 1. The maximum atomic E-state index is 12.6. The number of carbonyl (C=O) groups excluding carboxylic acids is 1. The summed E-state index contributed by atoms with van der Waals surface area (Å²) >= 11 is 0. The quantitative estimate of drug-likeness (QED) is 0.907. The van der Waals surface area contributed by atoms with Crippen LogP contribution in [-0.4, -0.2) is 53.2 Å². The van der Waals surface area contributed by atoms with Crippen molar-refractivity contribution < 1.29 is 4.79 Å². The molecule has 1 fully saturated rings. The van der Waals surface area contributed by atoms with Crippen LogP contribution >= 0.6 is 0 Å². The highest BCUT2D eigenvalue weighted by Crippen LogP contribution is 2.21. The predicted octanol–water partition coefficient (Wildman–Crippen LogP) is 1.33. The van der Waals surface area contributed by atoms with Gasteiger partial charge in [0.15, 0.2) is 5.82 Å². The topological polar surface area (TPSA) is 82.2 Å². The van der Waals surface area contributed by atoms with E-state index in [1.54, 1.807) is 12.1 Å². The maximum Gasteiger partial charge on any atom is 0.270 e. The summed E-state index contributed by atoms with van der Waals surface area (Å²) in [7, 11) is 3.87. The Labute approximate surface area is 146 Å². The lowest BCUT2D eigenvalue weighted by molar-refractivity contribution is 0.0666. The van der Waals surface area contributed by atoms with Gasteiger partial charge in [0.2, 0.25) is 5.56 Å². The Kier molecular flexibility index (Phi) is 5.11. The Morgan fingerprint density at radius 3 is 2.80 bits per heavy atom. The molecule has 1 aliphatic rings. The highest BCUT2D eigenvalue weighted by molar-refractivity contribution is 5.92. The first kappa shape index (κ1) is 17.1. The summed E-state index contributed by atoms with van der Waals surface area (Å²) in [4.78, 5) is 30.4. The maximum absolute atomic E-state index is 12.6. The van der Waals surface area contributed by atoms with Gasteiger partial charge < -0.3 is 14.8 Å². The number of carbonyl (C=O) groups is 1. The van der Waals surface area contributed by atoms with Gasteiger partial charge in [-0.15, -0.1) is 5.10 Å². The normalized spacial score (nSPS) is 17.4. The predicted molar refractivity (Wildman–Crippen MR) is 95.8 cm³/mol. The van der Waals surface area contributed by atoms with E-state index in [-0.39, 0.29) is 11.5 Å². The number of nitrogens with zero attached hydrogens (tertiary/aromatic N) is 4. The minimum absolute atomic E-state index is 0.114. The lowest BCUT2D eigenvalue weighted by Gasteiger charge is -2.32. The number of aromatic nitrogens is 3. The average molecular weight is 341 g/mol. The number of pyridine rings is 1. The van der Waals surface area contributed by atoms with Gasteiger partial charge >= 0.3 is 0 Å². The number of likely N-dealkylation sites (tertiary alicyclic amines) is 1. The van der Waals surface area contributed by atoms with Gasteiger partial charge in [-0.25, -0.2) is 0 Å². The van der Waals surface area contributed by atoms with Crippen LogP contribution in [0.3, 0.4) is 0 Å². The standard InChI is InChI=1S/C18H23N5O2/c1-22(2)16-9-8-14(20-21-16)11-13-5-4-10-23(12-13)18(25)15-6-3-7-17(24)19-15/h3,6-9,13H,4-5,10-12H2,1-2H3,(H,19,24). The van der Waals surface area contributed by atoms with Gasteiger partial charge in [-0.05, 0) is 43.4 Å². The number of H-pyrrole nitrogens is 1. The number of hydrogen-bond donors (Lipinski definition) is 1. The fraction of sp³-hybridized carbons (Fsp3) is 0.444. The van der Waals surface area contributed by atoms with Crippen LogP contribution < -0.4 is 10.5 Å². The molecule has 1 atom stereocenters. The van der Waals surface area contributed by atoms with Crippen LogP contribution in [0.25, 0.3) is 0 Å². The lowest BCUT2D eigenvalue weighted by Crippen LogP contribution is -2.41. The van der Waals surface area contributed by atoms with Gasteiger partial charge in [0.05, 0.1) is 5.69 Å². The van der Waals surface area contributed by atoms with E-state index in [4.69, 9.17) is 0 Å². The fourth-order valence-electron chi connectivity index (χ4n) is 3.16. The Hall–Kier alpha value is -2.70. The molecule has 0 radical (unpaired) electrons. The molecular weight excluding hydrogens is 318 g/mol. The first-order valence-corrected chi connectivity index (χ1v) is 8.51. The minimum atomic E-state index is -0.254. The van der Waals surface area contributed by atoms with Crippen molar-refractivity contribution in [3.05, 3.63) is 52.1 Å². The smallest absolute Gasteiger partial charge is 0.270 e. The zero-order chi connectivity index (χ0) is 17.8. The molecule has 0 aliphatic carbocycles. The van der Waals surface area contributed by atoms with E-state index in [9.17, 15) is 9.59 Å². The van der Waals surface area contributed by atoms with Crippen LogP contribution in [0.2, 0.25) is 0 Å². The molecule has 3 rings (SSSR count). The molecule has 2 aromatic heterocycles. The summed E-state index contributed by atoms with van der Waals surface area (Å²) < 4.78 is 0. The van der Waals surface area contributed by atoms with Crippen molar-refractivity contribution in [3.63, 3.8) is 0 Å². The van der Waals surface area contributed by atoms with E-state index in [2.05, 4.69) is 15.2 Å². The van der Waals surface area contributed by atoms with Gasteiger partial charge in [-0.1, -0.05) is 6.07 Å². The van der Waals surface area contributed by atoms with Gasteiger partial charge in [0, 0.05) is 33.3 Å². The summed E-state index contributed by atoms with van der Waals surface area (Å²) in [6.45, 7) is 1.39. The second-order valence-corrected chi connectivity index (χ2v) is 6.67. The van der Waals surface area contributed by atoms with Crippen LogP contribution in [0.5, 0.6) is 0 Å². The summed E-state index contributed by atoms with van der Waals surface area (Å²) in [5.41, 5.74) is 1.04. The third-order valence-corrected chi connectivity index (χ3v) is 4.47. The number of rotatable bonds is 4. The van der Waals surface area contributed by atoms with Crippen molar-refractivity contribution in [2.24, 2.45) is 5.92 Å². The van der Waals surface area contributed by atoms with Gasteiger partial charge in [-0.3, -0.25) is 9.59 Å². The largest absolute Gasteiger partial charge is 0.361 e. The monoisotopic (exact) mass is 341 g/mol. The van der Waals surface area contributed by atoms with E-state index in [1.165, 1.54) is 6.07 Å². The average Bonchev–Trinajstić information content (AvgIpc) is 2.62. The Morgan fingerprint density at radius 2 is 2.12 bits per heavy atom. The van der Waals surface area contributed by atoms with Crippen LogP contribution in [-0.2, 0) is 6.42 Å². The lowest BCUT2D eigenvalue weighted by atomic mass is 9.93. The molecule has 1 N–H and O–H groups in total. The third kappa shape index (κ3) is 4.23. The van der Waals surface area contributed by atoms with E-state index in [0.717, 1.165) is 37.3 Å². The molecule has 0 saturated carbocycles. The van der Waals surface area contributed by atoms with E-state index < -0.39 is 0 Å². The van der Waals surface area contributed by atoms with Gasteiger partial charge in [0.1, 0.15) is 5.69 Å². The van der Waals surface area contributed by atoms with Gasteiger partial charge in [-0.2, -0.15) is 5.10 Å². The highest BCUT2D eigenvalue weighted by Gasteiger charge is 2.25. The van der Waals surface area contributed by atoms with Crippen molar-refractivity contribution in [2.75, 3.05) is 32.1 Å². The van der Waals surface area contributed by atoms with E-state index in [0.29, 0.717) is 18.2 Å². The molecule has 25 heavy (non-hydrogen) atoms. The zero-order valence-corrected chi connectivity index (χ0v) is 14.6. The Bertz CT molecular complexity index is 785. The molecule has 132 valence electrons.